The van der Waals surface area contributed by atoms with Gasteiger partial charge in [0.2, 0.25) is 5.91 Å². The molecule has 0 aromatic rings. The lowest BCUT2D eigenvalue weighted by atomic mass is 9.94. The van der Waals surface area contributed by atoms with Crippen LogP contribution in [0.3, 0.4) is 0 Å². The van der Waals surface area contributed by atoms with E-state index in [-0.39, 0.29) is 0 Å². The number of hydrogen-bond donors (Lipinski definition) is 14. The van der Waals surface area contributed by atoms with Crippen molar-refractivity contribution < 1.29 is 116 Å². The third-order valence-corrected chi connectivity index (χ3v) is 9.28. The van der Waals surface area contributed by atoms with Gasteiger partial charge in [-0.2, -0.15) is 8.42 Å². The highest BCUT2D eigenvalue weighted by molar-refractivity contribution is 7.80. The van der Waals surface area contributed by atoms with Gasteiger partial charge in [-0.1, -0.05) is 0 Å². The zero-order chi connectivity index (χ0) is 38.8. The van der Waals surface area contributed by atoms with Crippen LogP contribution < -0.4 is 5.32 Å². The summed E-state index contributed by atoms with van der Waals surface area (Å²) in [6.07, 6.45) is -36.1. The summed E-state index contributed by atoms with van der Waals surface area (Å²) in [5, 5.41) is 126. The highest BCUT2D eigenvalue weighted by atomic mass is 32.3. The molecule has 0 spiro atoms. The predicted octanol–water partition coefficient (Wildman–Crippen LogP) is -9.78. The molecular formula is C26H45NO24S. The monoisotopic (exact) mass is 787 g/mol. The van der Waals surface area contributed by atoms with Crippen molar-refractivity contribution in [2.75, 3.05) is 26.4 Å². The van der Waals surface area contributed by atoms with Crippen LogP contribution in [0.2, 0.25) is 0 Å². The van der Waals surface area contributed by atoms with Crippen molar-refractivity contribution in [3.63, 3.8) is 0 Å². The Kier molecular flexibility index (Phi) is 15.0. The first kappa shape index (κ1) is 43.3. The number of rotatable bonds is 13. The van der Waals surface area contributed by atoms with E-state index in [1.165, 1.54) is 0 Å². The number of carbonyl (C=O) groups is 1. The minimum absolute atomic E-state index is 0.835. The van der Waals surface area contributed by atoms with Gasteiger partial charge in [0.1, 0.15) is 97.6 Å². The molecule has 0 aromatic carbocycles. The van der Waals surface area contributed by atoms with E-state index >= 15 is 0 Å². The van der Waals surface area contributed by atoms with E-state index in [1.54, 1.807) is 0 Å². The second-order valence-electron chi connectivity index (χ2n) is 12.4. The summed E-state index contributed by atoms with van der Waals surface area (Å²) in [5.41, 5.74) is 0. The molecule has 0 bridgehead atoms. The first-order valence-corrected chi connectivity index (χ1v) is 17.1. The Morgan fingerprint density at radius 3 is 1.50 bits per heavy atom. The van der Waals surface area contributed by atoms with Crippen molar-refractivity contribution in [3.05, 3.63) is 0 Å². The van der Waals surface area contributed by atoms with Crippen molar-refractivity contribution in [1.82, 2.24) is 5.32 Å². The molecule has 304 valence electrons. The number of nitrogens with one attached hydrogen (secondary N) is 1. The molecule has 14 N–H and O–H groups in total. The molecule has 20 atom stereocenters. The SMILES string of the molecule is CC(=O)N[C@H]1[C@H](O[C@@H]2[C@H](O)[C@@H](O)[C@H](O[C@H]3[C@H](O)[C@@H](O)C(O)O[C@@H]3CO)O[C@@H]2CO)O[C@H](CO)[C@H](O)[C@@H]1O[C@@H]1O[C@H](CO)[C@H](O)[C@H](OS(=O)(=O)O)[C@H]1O. The summed E-state index contributed by atoms with van der Waals surface area (Å²) in [6, 6.07) is -1.71. The summed E-state index contributed by atoms with van der Waals surface area (Å²) in [5.74, 6) is -0.835. The van der Waals surface area contributed by atoms with Gasteiger partial charge < -0.3 is 99.8 Å². The van der Waals surface area contributed by atoms with Gasteiger partial charge in [-0.25, -0.2) is 4.18 Å². The molecule has 4 fully saturated rings. The molecule has 25 nitrogen and oxygen atoms in total. The number of hydrogen-bond acceptors (Lipinski definition) is 23. The third-order valence-electron chi connectivity index (χ3n) is 8.81. The zero-order valence-electron chi connectivity index (χ0n) is 27.1. The lowest BCUT2D eigenvalue weighted by molar-refractivity contribution is -0.378. The van der Waals surface area contributed by atoms with Crippen LogP contribution >= 0.6 is 0 Å². The summed E-state index contributed by atoms with van der Waals surface area (Å²) < 4.78 is 74.9. The Morgan fingerprint density at radius 1 is 0.558 bits per heavy atom. The Hall–Kier alpha value is -1.42. The van der Waals surface area contributed by atoms with E-state index in [4.69, 9.17) is 37.7 Å². The largest absolute Gasteiger partial charge is 0.397 e. The number of amides is 1. The minimum Gasteiger partial charge on any atom is -0.394 e. The summed E-state index contributed by atoms with van der Waals surface area (Å²) >= 11 is 0. The van der Waals surface area contributed by atoms with E-state index in [2.05, 4.69) is 9.50 Å². The fourth-order valence-corrected chi connectivity index (χ4v) is 6.69. The van der Waals surface area contributed by atoms with E-state index < -0.39 is 165 Å². The van der Waals surface area contributed by atoms with E-state index in [9.17, 15) is 74.5 Å². The molecule has 0 aliphatic carbocycles. The molecule has 0 saturated carbocycles. The molecule has 0 radical (unpaired) electrons. The number of carbonyl (C=O) groups excluding carboxylic acids is 1. The Balaban J connectivity index is 1.59. The van der Waals surface area contributed by atoms with E-state index in [1.807, 2.05) is 0 Å². The van der Waals surface area contributed by atoms with Gasteiger partial charge in [0, 0.05) is 6.92 Å². The maximum atomic E-state index is 12.3. The Labute approximate surface area is 294 Å². The van der Waals surface area contributed by atoms with Crippen LogP contribution in [-0.4, -0.2) is 229 Å². The number of aliphatic hydroxyl groups is 12. The van der Waals surface area contributed by atoms with Gasteiger partial charge in [-0.05, 0) is 0 Å². The summed E-state index contributed by atoms with van der Waals surface area (Å²) in [7, 11) is -5.32. The van der Waals surface area contributed by atoms with Crippen molar-refractivity contribution >= 4 is 16.3 Å². The topological polar surface area (TPSA) is 400 Å². The molecular weight excluding hydrogens is 742 g/mol. The van der Waals surface area contributed by atoms with Crippen LogP contribution in [0.15, 0.2) is 0 Å². The van der Waals surface area contributed by atoms with Crippen LogP contribution in [-0.2, 0) is 52.5 Å². The molecule has 52 heavy (non-hydrogen) atoms. The molecule has 4 aliphatic heterocycles. The normalized spacial score (nSPS) is 47.6. The van der Waals surface area contributed by atoms with Crippen LogP contribution in [0.5, 0.6) is 0 Å². The standard InChI is InChI=1S/C26H45NO24S/c1-6(32)27-11-21(50-26-18(39)22(51-52(41,42)43)13(34)8(3-29)46-26)12(33)7(2-28)45-24(11)48-20-10(5-31)47-25(17(38)15(20)36)49-19-9(4-30)44-23(40)16(37)14(19)35/h7-26,28-31,33-40H,2-5H2,1H3,(H,27,32)(H,41,42,43)/t7-,8-,9-,10-,11-,12+,13+,14-,15-,16-,17-,18-,19-,20+,21-,22+,23?,24+,25+,26+/m1/s1. The van der Waals surface area contributed by atoms with Gasteiger partial charge >= 0.3 is 10.4 Å². The average Bonchev–Trinajstić information content (AvgIpc) is 3.08. The maximum absolute atomic E-state index is 12.3. The quantitative estimate of drug-likeness (QED) is 0.0770. The van der Waals surface area contributed by atoms with Crippen LogP contribution in [0.1, 0.15) is 6.92 Å². The van der Waals surface area contributed by atoms with Crippen LogP contribution in [0.25, 0.3) is 0 Å². The van der Waals surface area contributed by atoms with Gasteiger partial charge in [-0.3, -0.25) is 9.35 Å². The van der Waals surface area contributed by atoms with E-state index in [0.717, 1.165) is 6.92 Å². The second kappa shape index (κ2) is 18.0. The fraction of sp³-hybridized carbons (Fsp3) is 0.962. The molecule has 4 rings (SSSR count). The third kappa shape index (κ3) is 9.50. The first-order valence-electron chi connectivity index (χ1n) is 15.8. The van der Waals surface area contributed by atoms with Gasteiger partial charge in [0.05, 0.1) is 26.4 Å². The molecule has 0 aromatic heterocycles. The van der Waals surface area contributed by atoms with Gasteiger partial charge in [-0.15, -0.1) is 0 Å². The first-order chi connectivity index (χ1) is 24.4. The summed E-state index contributed by atoms with van der Waals surface area (Å²) in [6.45, 7) is -2.82. The average molecular weight is 788 g/mol. The second-order valence-corrected chi connectivity index (χ2v) is 13.4. The molecule has 4 heterocycles. The highest BCUT2D eigenvalue weighted by Gasteiger charge is 2.56. The summed E-state index contributed by atoms with van der Waals surface area (Å²) in [4.78, 5) is 12.3. The maximum Gasteiger partial charge on any atom is 0.397 e. The Morgan fingerprint density at radius 2 is 0.981 bits per heavy atom. The fourth-order valence-electron chi connectivity index (χ4n) is 6.19. The number of ether oxygens (including phenoxy) is 7. The molecule has 1 amide bonds. The zero-order valence-corrected chi connectivity index (χ0v) is 27.9. The van der Waals surface area contributed by atoms with Gasteiger partial charge in [0.15, 0.2) is 25.2 Å². The number of aliphatic hydroxyl groups excluding tert-OH is 12. The van der Waals surface area contributed by atoms with Crippen molar-refractivity contribution in [1.29, 1.82) is 0 Å². The van der Waals surface area contributed by atoms with Crippen molar-refractivity contribution in [2.45, 2.75) is 130 Å². The highest BCUT2D eigenvalue weighted by Crippen LogP contribution is 2.34. The lowest BCUT2D eigenvalue weighted by Gasteiger charge is -2.50. The van der Waals surface area contributed by atoms with E-state index in [0.29, 0.717) is 0 Å². The van der Waals surface area contributed by atoms with Crippen LogP contribution in [0, 0.1) is 0 Å². The molecule has 4 aliphatic rings. The molecule has 1 unspecified atom stereocenters. The predicted molar refractivity (Wildman–Crippen MR) is 156 cm³/mol. The van der Waals surface area contributed by atoms with Crippen LogP contribution in [0.4, 0.5) is 0 Å². The smallest absolute Gasteiger partial charge is 0.394 e. The Bertz CT molecular complexity index is 1260. The minimum atomic E-state index is -5.32. The lowest BCUT2D eigenvalue weighted by Crippen LogP contribution is -2.70. The van der Waals surface area contributed by atoms with Crippen molar-refractivity contribution in [3.8, 4) is 0 Å². The van der Waals surface area contributed by atoms with Crippen molar-refractivity contribution in [2.24, 2.45) is 0 Å². The van der Waals surface area contributed by atoms with Gasteiger partial charge in [0.25, 0.3) is 0 Å². The molecule has 4 saturated heterocycles. The molecule has 26 heteroatoms.